The summed E-state index contributed by atoms with van der Waals surface area (Å²) in [6, 6.07) is 9.30. The van der Waals surface area contributed by atoms with Crippen LogP contribution in [0.1, 0.15) is 30.4 Å². The fourth-order valence-corrected chi connectivity index (χ4v) is 4.44. The Kier molecular flexibility index (Phi) is 8.69. The molecule has 3 rings (SSSR count). The number of benzene rings is 2. The molecule has 0 atom stereocenters. The van der Waals surface area contributed by atoms with Gasteiger partial charge in [0, 0.05) is 41.7 Å². The van der Waals surface area contributed by atoms with E-state index in [0.717, 1.165) is 48.1 Å². The van der Waals surface area contributed by atoms with Gasteiger partial charge >= 0.3 is 0 Å². The zero-order valence-corrected chi connectivity index (χ0v) is 19.9. The number of hydrogen-bond acceptors (Lipinski definition) is 4. The Labute approximate surface area is 195 Å². The third-order valence-corrected chi connectivity index (χ3v) is 6.13. The van der Waals surface area contributed by atoms with Crippen LogP contribution in [0, 0.1) is 0 Å². The van der Waals surface area contributed by atoms with E-state index in [1.165, 1.54) is 0 Å². The van der Waals surface area contributed by atoms with Gasteiger partial charge in [-0.15, -0.1) is 0 Å². The fraction of sp³-hybridized carbons (Fsp3) is 0.409. The van der Waals surface area contributed by atoms with Crippen molar-refractivity contribution in [2.75, 3.05) is 26.7 Å². The number of nitrogens with one attached hydrogen (secondary N) is 1. The normalized spacial score (nSPS) is 13.7. The second-order valence-corrected chi connectivity index (χ2v) is 8.85. The van der Waals surface area contributed by atoms with E-state index in [1.807, 2.05) is 23.1 Å². The van der Waals surface area contributed by atoms with Gasteiger partial charge in [0.2, 0.25) is 5.91 Å². The highest BCUT2D eigenvalue weighted by Crippen LogP contribution is 2.37. The lowest BCUT2D eigenvalue weighted by Gasteiger charge is -2.16. The summed E-state index contributed by atoms with van der Waals surface area (Å²) in [5.74, 6) is 1.55. The molecule has 8 heteroatoms. The first-order valence-electron chi connectivity index (χ1n) is 9.89. The molecule has 0 saturated carbocycles. The number of carbonyl (C=O) groups excluding carboxylic acids is 1. The zero-order chi connectivity index (χ0) is 21.5. The molecular formula is C22H25BrCl2N2O3. The molecule has 162 valence electrons. The number of likely N-dealkylation sites (tertiary alicyclic amines) is 1. The van der Waals surface area contributed by atoms with Crippen LogP contribution in [-0.2, 0) is 17.9 Å². The van der Waals surface area contributed by atoms with Crippen LogP contribution in [0.15, 0.2) is 34.8 Å². The molecule has 0 aromatic heterocycles. The van der Waals surface area contributed by atoms with Crippen molar-refractivity contribution in [3.05, 3.63) is 56.0 Å². The Hall–Kier alpha value is -1.47. The number of halogens is 3. The van der Waals surface area contributed by atoms with E-state index >= 15 is 0 Å². The molecule has 5 nitrogen and oxygen atoms in total. The Morgan fingerprint density at radius 1 is 1.23 bits per heavy atom. The Morgan fingerprint density at radius 2 is 2.07 bits per heavy atom. The van der Waals surface area contributed by atoms with Crippen LogP contribution >= 0.6 is 39.1 Å². The first kappa shape index (κ1) is 23.2. The van der Waals surface area contributed by atoms with E-state index in [9.17, 15) is 4.79 Å². The van der Waals surface area contributed by atoms with Crippen molar-refractivity contribution in [2.24, 2.45) is 0 Å². The van der Waals surface area contributed by atoms with Crippen LogP contribution < -0.4 is 14.8 Å². The molecule has 0 spiro atoms. The predicted octanol–water partition coefficient (Wildman–Crippen LogP) is 5.45. The molecule has 1 aliphatic rings. The molecule has 2 aromatic carbocycles. The Morgan fingerprint density at radius 3 is 2.77 bits per heavy atom. The summed E-state index contributed by atoms with van der Waals surface area (Å²) in [5, 5.41) is 4.58. The van der Waals surface area contributed by atoms with Crippen LogP contribution in [0.3, 0.4) is 0 Å². The number of ether oxygens (including phenoxy) is 2. The lowest BCUT2D eigenvalue weighted by atomic mass is 10.2. The van der Waals surface area contributed by atoms with E-state index in [2.05, 4.69) is 21.2 Å². The minimum absolute atomic E-state index is 0.277. The number of nitrogens with zero attached hydrogens (tertiary/aromatic N) is 1. The van der Waals surface area contributed by atoms with Crippen molar-refractivity contribution in [3.63, 3.8) is 0 Å². The van der Waals surface area contributed by atoms with Gasteiger partial charge < -0.3 is 19.7 Å². The lowest BCUT2D eigenvalue weighted by molar-refractivity contribution is -0.127. The Balaban J connectivity index is 1.53. The first-order valence-corrected chi connectivity index (χ1v) is 11.4. The highest BCUT2D eigenvalue weighted by atomic mass is 79.9. The van der Waals surface area contributed by atoms with Gasteiger partial charge in [0.05, 0.1) is 11.6 Å². The largest absolute Gasteiger partial charge is 0.493 e. The average molecular weight is 516 g/mol. The topological polar surface area (TPSA) is 50.8 Å². The number of hydrogen-bond donors (Lipinski definition) is 1. The minimum atomic E-state index is 0.277. The van der Waals surface area contributed by atoms with E-state index in [1.54, 1.807) is 19.2 Å². The summed E-state index contributed by atoms with van der Waals surface area (Å²) in [6.45, 7) is 3.56. The van der Waals surface area contributed by atoms with Gasteiger partial charge in [-0.3, -0.25) is 4.79 Å². The van der Waals surface area contributed by atoms with Crippen molar-refractivity contribution >= 4 is 45.0 Å². The molecule has 2 aromatic rings. The van der Waals surface area contributed by atoms with Gasteiger partial charge in [0.15, 0.2) is 11.5 Å². The second kappa shape index (κ2) is 11.2. The molecule has 1 heterocycles. The summed E-state index contributed by atoms with van der Waals surface area (Å²) >= 11 is 15.8. The van der Waals surface area contributed by atoms with Crippen molar-refractivity contribution < 1.29 is 14.3 Å². The van der Waals surface area contributed by atoms with Crippen LogP contribution in [0.4, 0.5) is 0 Å². The molecule has 1 saturated heterocycles. The third kappa shape index (κ3) is 6.27. The standard InChI is InChI=1S/C22H25BrCl2N2O3/c1-29-20-11-15(13-26-7-3-9-27-8-2-4-21(27)28)10-18(23)22(20)30-14-16-5-6-17(24)12-19(16)25/h5-6,10-12,26H,2-4,7-9,13-14H2,1H3. The summed E-state index contributed by atoms with van der Waals surface area (Å²) < 4.78 is 12.3. The maximum Gasteiger partial charge on any atom is 0.222 e. The maximum absolute atomic E-state index is 11.6. The zero-order valence-electron chi connectivity index (χ0n) is 16.8. The minimum Gasteiger partial charge on any atom is -0.493 e. The number of rotatable bonds is 10. The lowest BCUT2D eigenvalue weighted by Crippen LogP contribution is -2.28. The van der Waals surface area contributed by atoms with Gasteiger partial charge in [-0.25, -0.2) is 0 Å². The van der Waals surface area contributed by atoms with Gasteiger partial charge in [0.1, 0.15) is 6.61 Å². The highest BCUT2D eigenvalue weighted by Gasteiger charge is 2.19. The Bertz CT molecular complexity index is 895. The molecule has 30 heavy (non-hydrogen) atoms. The SMILES string of the molecule is COc1cc(CNCCCN2CCCC2=O)cc(Br)c1OCc1ccc(Cl)cc1Cl. The van der Waals surface area contributed by atoms with Crippen molar-refractivity contribution in [3.8, 4) is 11.5 Å². The summed E-state index contributed by atoms with van der Waals surface area (Å²) in [4.78, 5) is 13.6. The summed E-state index contributed by atoms with van der Waals surface area (Å²) in [6.07, 6.45) is 2.62. The van der Waals surface area contributed by atoms with E-state index in [-0.39, 0.29) is 5.91 Å². The van der Waals surface area contributed by atoms with Crippen LogP contribution in [0.25, 0.3) is 0 Å². The molecule has 1 fully saturated rings. The molecule has 1 amide bonds. The molecule has 0 radical (unpaired) electrons. The van der Waals surface area contributed by atoms with E-state index < -0.39 is 0 Å². The van der Waals surface area contributed by atoms with Crippen molar-refractivity contribution in [1.29, 1.82) is 0 Å². The number of amides is 1. The van der Waals surface area contributed by atoms with E-state index in [0.29, 0.717) is 41.1 Å². The third-order valence-electron chi connectivity index (χ3n) is 4.96. The highest BCUT2D eigenvalue weighted by molar-refractivity contribution is 9.10. The maximum atomic E-state index is 11.6. The smallest absolute Gasteiger partial charge is 0.222 e. The summed E-state index contributed by atoms with van der Waals surface area (Å²) in [7, 11) is 1.62. The fourth-order valence-electron chi connectivity index (χ4n) is 3.37. The van der Waals surface area contributed by atoms with Crippen LogP contribution in [0.2, 0.25) is 10.0 Å². The first-order chi connectivity index (χ1) is 14.5. The van der Waals surface area contributed by atoms with Crippen LogP contribution in [0.5, 0.6) is 11.5 Å². The van der Waals surface area contributed by atoms with Gasteiger partial charge in [-0.2, -0.15) is 0 Å². The molecule has 0 unspecified atom stereocenters. The van der Waals surface area contributed by atoms with E-state index in [4.69, 9.17) is 32.7 Å². The second-order valence-electron chi connectivity index (χ2n) is 7.15. The monoisotopic (exact) mass is 514 g/mol. The molecule has 1 aliphatic heterocycles. The van der Waals surface area contributed by atoms with Crippen molar-refractivity contribution in [2.45, 2.75) is 32.4 Å². The predicted molar refractivity (Wildman–Crippen MR) is 124 cm³/mol. The van der Waals surface area contributed by atoms with Gasteiger partial charge in [-0.05, 0) is 65.1 Å². The van der Waals surface area contributed by atoms with Gasteiger partial charge in [0.25, 0.3) is 0 Å². The summed E-state index contributed by atoms with van der Waals surface area (Å²) in [5.41, 5.74) is 1.92. The molecule has 0 aliphatic carbocycles. The van der Waals surface area contributed by atoms with Crippen LogP contribution in [-0.4, -0.2) is 37.6 Å². The number of carbonyl (C=O) groups is 1. The van der Waals surface area contributed by atoms with Crippen molar-refractivity contribution in [1.82, 2.24) is 10.2 Å². The molecule has 1 N–H and O–H groups in total. The average Bonchev–Trinajstić information content (AvgIpc) is 3.12. The number of methoxy groups -OCH3 is 1. The molecule has 0 bridgehead atoms. The quantitative estimate of drug-likeness (QED) is 0.428. The van der Waals surface area contributed by atoms with Gasteiger partial charge in [-0.1, -0.05) is 29.3 Å². The molecular weight excluding hydrogens is 491 g/mol.